The van der Waals surface area contributed by atoms with E-state index >= 15 is 0 Å². The molecule has 0 aromatic heterocycles. The van der Waals surface area contributed by atoms with Gasteiger partial charge in [0, 0.05) is 12.6 Å². The fraction of sp³-hybridized carbons (Fsp3) is 0.462. The van der Waals surface area contributed by atoms with Crippen LogP contribution in [0.25, 0.3) is 0 Å². The van der Waals surface area contributed by atoms with E-state index in [9.17, 15) is 9.18 Å². The molecule has 1 aromatic carbocycles. The largest absolute Gasteiger partial charge is 0.493 e. The molecule has 4 nitrogen and oxygen atoms in total. The molecule has 1 aromatic rings. The second-order valence-electron chi connectivity index (χ2n) is 4.03. The summed E-state index contributed by atoms with van der Waals surface area (Å²) in [6.45, 7) is 2.12. The lowest BCUT2D eigenvalue weighted by Gasteiger charge is -2.12. The van der Waals surface area contributed by atoms with Gasteiger partial charge in [0.1, 0.15) is 11.6 Å². The Hall–Kier alpha value is -1.62. The van der Waals surface area contributed by atoms with Gasteiger partial charge in [-0.3, -0.25) is 4.79 Å². The Labute approximate surface area is 106 Å². The summed E-state index contributed by atoms with van der Waals surface area (Å²) < 4.78 is 17.9. The predicted octanol–water partition coefficient (Wildman–Crippen LogP) is 1.48. The first kappa shape index (κ1) is 14.4. The molecule has 2 N–H and O–H groups in total. The minimum atomic E-state index is -0.321. The molecule has 18 heavy (non-hydrogen) atoms. The molecule has 0 aliphatic carbocycles. The quantitative estimate of drug-likeness (QED) is 0.776. The minimum absolute atomic E-state index is 0.0479. The molecule has 1 atom stereocenters. The number of hydrogen-bond acceptors (Lipinski definition) is 3. The first-order chi connectivity index (χ1) is 8.61. The average Bonchev–Trinajstić information content (AvgIpc) is 2.32. The Kier molecular flexibility index (Phi) is 6.14. The lowest BCUT2D eigenvalue weighted by Crippen LogP contribution is -2.33. The van der Waals surface area contributed by atoms with Crippen LogP contribution in [-0.2, 0) is 4.79 Å². The molecule has 5 heteroatoms. The number of halogens is 1. The molecule has 0 bridgehead atoms. The number of aliphatic hydroxyl groups is 1. The van der Waals surface area contributed by atoms with Crippen molar-refractivity contribution in [3.05, 3.63) is 30.1 Å². The van der Waals surface area contributed by atoms with Crippen molar-refractivity contribution in [1.82, 2.24) is 5.32 Å². The number of ether oxygens (including phenoxy) is 1. The SMILES string of the molecule is CC(CCO)NC(=O)CCOc1ccc(F)cc1. The van der Waals surface area contributed by atoms with Crippen molar-refractivity contribution in [1.29, 1.82) is 0 Å². The number of carbonyl (C=O) groups excluding carboxylic acids is 1. The predicted molar refractivity (Wildman–Crippen MR) is 65.8 cm³/mol. The van der Waals surface area contributed by atoms with E-state index in [1.54, 1.807) is 0 Å². The van der Waals surface area contributed by atoms with Crippen molar-refractivity contribution in [3.63, 3.8) is 0 Å². The second-order valence-corrected chi connectivity index (χ2v) is 4.03. The summed E-state index contributed by atoms with van der Waals surface area (Å²) in [5.41, 5.74) is 0. The van der Waals surface area contributed by atoms with Crippen LogP contribution in [0.5, 0.6) is 5.75 Å². The number of amides is 1. The lowest BCUT2D eigenvalue weighted by molar-refractivity contribution is -0.122. The molecule has 1 unspecified atom stereocenters. The number of benzene rings is 1. The van der Waals surface area contributed by atoms with Crippen LogP contribution in [0.4, 0.5) is 4.39 Å². The third-order valence-corrected chi connectivity index (χ3v) is 2.38. The van der Waals surface area contributed by atoms with Gasteiger partial charge in [0.05, 0.1) is 13.0 Å². The van der Waals surface area contributed by atoms with Crippen molar-refractivity contribution >= 4 is 5.91 Å². The fourth-order valence-electron chi connectivity index (χ4n) is 1.41. The van der Waals surface area contributed by atoms with Crippen molar-refractivity contribution in [2.45, 2.75) is 25.8 Å². The van der Waals surface area contributed by atoms with Gasteiger partial charge in [0.2, 0.25) is 5.91 Å². The Balaban J connectivity index is 2.21. The smallest absolute Gasteiger partial charge is 0.223 e. The summed E-state index contributed by atoms with van der Waals surface area (Å²) in [5.74, 6) is 0.0867. The van der Waals surface area contributed by atoms with E-state index in [0.29, 0.717) is 12.2 Å². The third-order valence-electron chi connectivity index (χ3n) is 2.38. The summed E-state index contributed by atoms with van der Waals surface area (Å²) >= 11 is 0. The summed E-state index contributed by atoms with van der Waals surface area (Å²) in [5, 5.41) is 11.4. The Bertz CT molecular complexity index is 367. The van der Waals surface area contributed by atoms with Crippen LogP contribution in [0.1, 0.15) is 19.8 Å². The van der Waals surface area contributed by atoms with Gasteiger partial charge in [0.15, 0.2) is 0 Å². The number of carbonyl (C=O) groups is 1. The second kappa shape index (κ2) is 7.66. The van der Waals surface area contributed by atoms with Crippen molar-refractivity contribution < 1.29 is 19.0 Å². The zero-order valence-corrected chi connectivity index (χ0v) is 10.4. The van der Waals surface area contributed by atoms with Crippen LogP contribution in [-0.4, -0.2) is 30.3 Å². The summed E-state index contributed by atoms with van der Waals surface area (Å²) in [4.78, 5) is 11.4. The summed E-state index contributed by atoms with van der Waals surface area (Å²) in [6.07, 6.45) is 0.762. The van der Waals surface area contributed by atoms with Crippen molar-refractivity contribution in [3.8, 4) is 5.75 Å². The lowest BCUT2D eigenvalue weighted by atomic mass is 10.2. The van der Waals surface area contributed by atoms with E-state index in [1.165, 1.54) is 24.3 Å². The molecule has 100 valence electrons. The first-order valence-electron chi connectivity index (χ1n) is 5.90. The maximum atomic E-state index is 12.6. The molecule has 0 fully saturated rings. The van der Waals surface area contributed by atoms with Crippen LogP contribution in [0.15, 0.2) is 24.3 Å². The van der Waals surface area contributed by atoms with Crippen LogP contribution >= 0.6 is 0 Å². The van der Waals surface area contributed by atoms with Gasteiger partial charge in [-0.1, -0.05) is 0 Å². The van der Waals surface area contributed by atoms with Gasteiger partial charge in [-0.25, -0.2) is 4.39 Å². The molecule has 0 radical (unpaired) electrons. The number of nitrogens with one attached hydrogen (secondary N) is 1. The first-order valence-corrected chi connectivity index (χ1v) is 5.90. The Morgan fingerprint density at radius 2 is 2.11 bits per heavy atom. The Morgan fingerprint density at radius 3 is 2.72 bits per heavy atom. The van der Waals surface area contributed by atoms with Crippen LogP contribution in [0.2, 0.25) is 0 Å². The zero-order chi connectivity index (χ0) is 13.4. The normalized spacial score (nSPS) is 11.9. The van der Waals surface area contributed by atoms with E-state index in [4.69, 9.17) is 9.84 Å². The highest BCUT2D eigenvalue weighted by molar-refractivity contribution is 5.76. The molecule has 0 saturated carbocycles. The van der Waals surface area contributed by atoms with Crippen LogP contribution in [0, 0.1) is 5.82 Å². The molecule has 1 amide bonds. The van der Waals surface area contributed by atoms with E-state index in [0.717, 1.165) is 0 Å². The molecular weight excluding hydrogens is 237 g/mol. The number of rotatable bonds is 7. The van der Waals surface area contributed by atoms with Crippen LogP contribution in [0.3, 0.4) is 0 Å². The van der Waals surface area contributed by atoms with Crippen LogP contribution < -0.4 is 10.1 Å². The Morgan fingerprint density at radius 1 is 1.44 bits per heavy atom. The van der Waals surface area contributed by atoms with Crippen molar-refractivity contribution in [2.75, 3.05) is 13.2 Å². The monoisotopic (exact) mass is 255 g/mol. The molecule has 1 rings (SSSR count). The number of aliphatic hydroxyl groups excluding tert-OH is 1. The molecular formula is C13H18FNO3. The zero-order valence-electron chi connectivity index (χ0n) is 10.4. The van der Waals surface area contributed by atoms with E-state index in [-0.39, 0.29) is 37.4 Å². The highest BCUT2D eigenvalue weighted by atomic mass is 19.1. The maximum Gasteiger partial charge on any atom is 0.223 e. The highest BCUT2D eigenvalue weighted by Gasteiger charge is 2.06. The van der Waals surface area contributed by atoms with Gasteiger partial charge in [-0.15, -0.1) is 0 Å². The van der Waals surface area contributed by atoms with E-state index in [2.05, 4.69) is 5.32 Å². The van der Waals surface area contributed by atoms with Gasteiger partial charge in [-0.05, 0) is 37.6 Å². The summed E-state index contributed by atoms with van der Waals surface area (Å²) in [6, 6.07) is 5.59. The summed E-state index contributed by atoms with van der Waals surface area (Å²) in [7, 11) is 0. The molecule has 0 aliphatic rings. The highest BCUT2D eigenvalue weighted by Crippen LogP contribution is 2.11. The fourth-order valence-corrected chi connectivity index (χ4v) is 1.41. The van der Waals surface area contributed by atoms with Gasteiger partial charge in [-0.2, -0.15) is 0 Å². The average molecular weight is 255 g/mol. The number of hydrogen-bond donors (Lipinski definition) is 2. The molecule has 0 saturated heterocycles. The standard InChI is InChI=1S/C13H18FNO3/c1-10(6-8-16)15-13(17)7-9-18-12-4-2-11(14)3-5-12/h2-5,10,16H,6-9H2,1H3,(H,15,17). The van der Waals surface area contributed by atoms with Gasteiger partial charge < -0.3 is 15.2 Å². The van der Waals surface area contributed by atoms with Gasteiger partial charge >= 0.3 is 0 Å². The third kappa shape index (κ3) is 5.63. The maximum absolute atomic E-state index is 12.6. The minimum Gasteiger partial charge on any atom is -0.493 e. The van der Waals surface area contributed by atoms with E-state index in [1.807, 2.05) is 6.92 Å². The topological polar surface area (TPSA) is 58.6 Å². The van der Waals surface area contributed by atoms with E-state index < -0.39 is 0 Å². The van der Waals surface area contributed by atoms with Gasteiger partial charge in [0.25, 0.3) is 0 Å². The molecule has 0 spiro atoms. The molecule has 0 aliphatic heterocycles. The molecule has 0 heterocycles. The van der Waals surface area contributed by atoms with Crippen molar-refractivity contribution in [2.24, 2.45) is 0 Å².